The summed E-state index contributed by atoms with van der Waals surface area (Å²) in [5, 5.41) is 16.3. The van der Waals surface area contributed by atoms with Crippen LogP contribution < -0.4 is 10.6 Å². The van der Waals surface area contributed by atoms with Crippen LogP contribution in [-0.2, 0) is 23.0 Å². The van der Waals surface area contributed by atoms with Crippen LogP contribution in [0.25, 0.3) is 0 Å². The summed E-state index contributed by atoms with van der Waals surface area (Å²) in [5.41, 5.74) is 1.72. The van der Waals surface area contributed by atoms with Gasteiger partial charge in [0, 0.05) is 30.9 Å². The molecule has 28 heavy (non-hydrogen) atoms. The molecule has 0 aromatic carbocycles. The number of nitrogens with zero attached hydrogens (tertiary/aromatic N) is 3. The lowest BCUT2D eigenvalue weighted by Crippen LogP contribution is -2.36. The van der Waals surface area contributed by atoms with Crippen LogP contribution in [0.5, 0.6) is 0 Å². The van der Waals surface area contributed by atoms with Crippen molar-refractivity contribution in [2.24, 2.45) is 7.05 Å². The fourth-order valence-corrected chi connectivity index (χ4v) is 3.30. The van der Waals surface area contributed by atoms with Crippen molar-refractivity contribution in [1.82, 2.24) is 25.3 Å². The summed E-state index contributed by atoms with van der Waals surface area (Å²) in [6.07, 6.45) is 5.07. The number of H-pyrrole nitrogens is 1. The number of aromatic amines is 1. The van der Waals surface area contributed by atoms with Gasteiger partial charge in [0.15, 0.2) is 5.82 Å². The van der Waals surface area contributed by atoms with Crippen LogP contribution in [0.2, 0.25) is 0 Å². The first-order chi connectivity index (χ1) is 13.4. The molecule has 1 unspecified atom stereocenters. The van der Waals surface area contributed by atoms with Crippen LogP contribution in [0, 0.1) is 0 Å². The molecule has 1 fully saturated rings. The molecule has 3 rings (SSSR count). The van der Waals surface area contributed by atoms with Crippen molar-refractivity contribution in [3.05, 3.63) is 29.7 Å². The van der Waals surface area contributed by atoms with E-state index < -0.39 is 18.8 Å². The number of alkyl halides is 1. The third-order valence-corrected chi connectivity index (χ3v) is 4.68. The van der Waals surface area contributed by atoms with E-state index in [9.17, 15) is 14.0 Å². The van der Waals surface area contributed by atoms with E-state index in [1.807, 2.05) is 0 Å². The number of nitrogens with one attached hydrogen (secondary N) is 3. The Labute approximate surface area is 162 Å². The van der Waals surface area contributed by atoms with E-state index in [4.69, 9.17) is 4.74 Å². The summed E-state index contributed by atoms with van der Waals surface area (Å²) >= 11 is 0. The number of carbonyl (C=O) groups is 2. The van der Waals surface area contributed by atoms with Crippen molar-refractivity contribution in [3.8, 4) is 0 Å². The van der Waals surface area contributed by atoms with Gasteiger partial charge in [0.05, 0.1) is 18.7 Å². The molecule has 0 bridgehead atoms. The SMILES string of the molecule is CC(CF)NC(=O)O[C@@H]1CC[C@H](c2cc(NC(=O)Cc3cnn(C)c3)n[nH]2)C1. The number of hydrogen-bond acceptors (Lipinski definition) is 5. The number of aromatic nitrogens is 4. The van der Waals surface area contributed by atoms with E-state index in [1.54, 1.807) is 37.1 Å². The van der Waals surface area contributed by atoms with E-state index in [2.05, 4.69) is 25.9 Å². The summed E-state index contributed by atoms with van der Waals surface area (Å²) in [6.45, 7) is 0.944. The molecule has 0 spiro atoms. The van der Waals surface area contributed by atoms with Gasteiger partial charge in [0.2, 0.25) is 5.91 Å². The Balaban J connectivity index is 1.47. The summed E-state index contributed by atoms with van der Waals surface area (Å²) in [4.78, 5) is 23.8. The van der Waals surface area contributed by atoms with Crippen molar-refractivity contribution in [1.29, 1.82) is 0 Å². The zero-order chi connectivity index (χ0) is 20.1. The minimum Gasteiger partial charge on any atom is -0.446 e. The van der Waals surface area contributed by atoms with Gasteiger partial charge in [-0.3, -0.25) is 14.6 Å². The molecule has 0 saturated heterocycles. The Kier molecular flexibility index (Phi) is 6.27. The normalized spacial score (nSPS) is 20.0. The first-order valence-corrected chi connectivity index (χ1v) is 9.28. The number of anilines is 1. The molecule has 1 aliphatic carbocycles. The number of ether oxygens (including phenoxy) is 1. The van der Waals surface area contributed by atoms with Crippen LogP contribution in [0.1, 0.15) is 43.4 Å². The number of alkyl carbamates (subject to hydrolysis) is 1. The number of amides is 2. The van der Waals surface area contributed by atoms with Gasteiger partial charge in [-0.1, -0.05) is 0 Å². The second-order valence-corrected chi connectivity index (χ2v) is 7.19. The van der Waals surface area contributed by atoms with Crippen LogP contribution in [0.4, 0.5) is 15.0 Å². The summed E-state index contributed by atoms with van der Waals surface area (Å²) in [6, 6.07) is 1.24. The molecule has 1 saturated carbocycles. The van der Waals surface area contributed by atoms with E-state index >= 15 is 0 Å². The van der Waals surface area contributed by atoms with E-state index in [1.165, 1.54) is 0 Å². The van der Waals surface area contributed by atoms with Crippen molar-refractivity contribution < 1.29 is 18.7 Å². The quantitative estimate of drug-likeness (QED) is 0.667. The van der Waals surface area contributed by atoms with Gasteiger partial charge in [-0.15, -0.1) is 0 Å². The van der Waals surface area contributed by atoms with Crippen LogP contribution in [-0.4, -0.2) is 50.8 Å². The predicted octanol–water partition coefficient (Wildman–Crippen LogP) is 2.04. The Morgan fingerprint density at radius 2 is 2.29 bits per heavy atom. The van der Waals surface area contributed by atoms with Crippen molar-refractivity contribution >= 4 is 17.8 Å². The number of aryl methyl sites for hydroxylation is 1. The summed E-state index contributed by atoms with van der Waals surface area (Å²) < 4.78 is 19.4. The van der Waals surface area contributed by atoms with Crippen molar-refractivity contribution in [3.63, 3.8) is 0 Å². The predicted molar refractivity (Wildman–Crippen MR) is 99.6 cm³/mol. The third kappa shape index (κ3) is 5.30. The van der Waals surface area contributed by atoms with Crippen LogP contribution >= 0.6 is 0 Å². The molecule has 10 heteroatoms. The molecule has 9 nitrogen and oxygen atoms in total. The zero-order valence-electron chi connectivity index (χ0n) is 15.9. The Morgan fingerprint density at radius 3 is 3.00 bits per heavy atom. The van der Waals surface area contributed by atoms with Gasteiger partial charge in [-0.2, -0.15) is 10.2 Å². The molecule has 2 amide bonds. The minimum atomic E-state index is -0.633. The average molecular weight is 392 g/mol. The number of halogens is 1. The highest BCUT2D eigenvalue weighted by atomic mass is 19.1. The molecule has 1 aliphatic rings. The molecule has 0 radical (unpaired) electrons. The van der Waals surface area contributed by atoms with Gasteiger partial charge in [-0.25, -0.2) is 9.18 Å². The number of rotatable bonds is 7. The molecule has 2 heterocycles. The zero-order valence-corrected chi connectivity index (χ0v) is 15.9. The standard InChI is InChI=1S/C18H25FN6O3/c1-11(8-19)21-18(27)28-14-4-3-13(6-14)15-7-16(24-23-15)22-17(26)5-12-9-20-25(2)10-12/h7,9-11,13-14H,3-6,8H2,1-2H3,(H,21,27)(H2,22,23,24,26)/t11?,13-,14+/m0/s1. The highest BCUT2D eigenvalue weighted by molar-refractivity contribution is 5.91. The van der Waals surface area contributed by atoms with E-state index in [-0.39, 0.29) is 24.3 Å². The Hall–Kier alpha value is -2.91. The largest absolute Gasteiger partial charge is 0.446 e. The topological polar surface area (TPSA) is 114 Å². The molecule has 152 valence electrons. The van der Waals surface area contributed by atoms with Gasteiger partial charge in [-0.05, 0) is 31.7 Å². The third-order valence-electron chi connectivity index (χ3n) is 4.68. The molecular weight excluding hydrogens is 367 g/mol. The molecule has 2 aromatic heterocycles. The smallest absolute Gasteiger partial charge is 0.407 e. The molecular formula is C18H25FN6O3. The lowest BCUT2D eigenvalue weighted by molar-refractivity contribution is -0.115. The molecule has 3 N–H and O–H groups in total. The first kappa shape index (κ1) is 19.8. The van der Waals surface area contributed by atoms with Gasteiger partial charge >= 0.3 is 6.09 Å². The fourth-order valence-electron chi connectivity index (χ4n) is 3.30. The highest BCUT2D eigenvalue weighted by Crippen LogP contribution is 2.35. The second kappa shape index (κ2) is 8.85. The van der Waals surface area contributed by atoms with Gasteiger partial charge in [0.1, 0.15) is 12.8 Å². The first-order valence-electron chi connectivity index (χ1n) is 9.28. The maximum Gasteiger partial charge on any atom is 0.407 e. The van der Waals surface area contributed by atoms with E-state index in [0.29, 0.717) is 12.2 Å². The molecule has 2 aromatic rings. The fraction of sp³-hybridized carbons (Fsp3) is 0.556. The Bertz CT molecular complexity index is 820. The highest BCUT2D eigenvalue weighted by Gasteiger charge is 2.30. The Morgan fingerprint density at radius 1 is 1.46 bits per heavy atom. The minimum absolute atomic E-state index is 0.160. The van der Waals surface area contributed by atoms with Crippen molar-refractivity contribution in [2.45, 2.75) is 50.7 Å². The number of hydrogen-bond donors (Lipinski definition) is 3. The summed E-state index contributed by atoms with van der Waals surface area (Å²) in [7, 11) is 1.80. The van der Waals surface area contributed by atoms with E-state index in [0.717, 1.165) is 24.1 Å². The monoisotopic (exact) mass is 392 g/mol. The summed E-state index contributed by atoms with van der Waals surface area (Å²) in [5.74, 6) is 0.452. The lowest BCUT2D eigenvalue weighted by atomic mass is 10.0. The van der Waals surface area contributed by atoms with Crippen molar-refractivity contribution in [2.75, 3.05) is 12.0 Å². The second-order valence-electron chi connectivity index (χ2n) is 7.19. The molecule has 0 aliphatic heterocycles. The molecule has 3 atom stereocenters. The van der Waals surface area contributed by atoms with Crippen LogP contribution in [0.3, 0.4) is 0 Å². The van der Waals surface area contributed by atoms with Gasteiger partial charge < -0.3 is 15.4 Å². The maximum absolute atomic E-state index is 12.4. The lowest BCUT2D eigenvalue weighted by Gasteiger charge is -2.15. The maximum atomic E-state index is 12.4. The van der Waals surface area contributed by atoms with Gasteiger partial charge in [0.25, 0.3) is 0 Å². The number of carbonyl (C=O) groups excluding carboxylic acids is 2. The van der Waals surface area contributed by atoms with Crippen LogP contribution in [0.15, 0.2) is 18.5 Å². The average Bonchev–Trinajstić information content (AvgIpc) is 3.36.